The number of carbonyl (C=O) groups excluding carboxylic acids is 1. The number of nitriles is 1. The van der Waals surface area contributed by atoms with Gasteiger partial charge in [-0.05, 0) is 26.2 Å². The molecular formula is C22H22N6O. The lowest BCUT2D eigenvalue weighted by atomic mass is 10.2. The third kappa shape index (κ3) is 5.37. The summed E-state index contributed by atoms with van der Waals surface area (Å²) in [4.78, 5) is 23.6. The van der Waals surface area contributed by atoms with Crippen molar-refractivity contribution in [1.82, 2.24) is 20.2 Å². The fraction of sp³-hybridized carbons (Fsp3) is 0.182. The highest BCUT2D eigenvalue weighted by Crippen LogP contribution is 2.22. The Hall–Kier alpha value is -3.76. The Balaban J connectivity index is 1.95. The molecule has 0 unspecified atom stereocenters. The lowest BCUT2D eigenvalue weighted by Crippen LogP contribution is -2.32. The van der Waals surface area contributed by atoms with Gasteiger partial charge >= 0.3 is 0 Å². The van der Waals surface area contributed by atoms with E-state index in [0.717, 1.165) is 12.1 Å². The van der Waals surface area contributed by atoms with Crippen LogP contribution in [0.4, 0.5) is 11.5 Å². The molecule has 0 aliphatic rings. The Kier molecular flexibility index (Phi) is 6.51. The van der Waals surface area contributed by atoms with Crippen LogP contribution in [0.2, 0.25) is 0 Å². The minimum absolute atomic E-state index is 0.259. The van der Waals surface area contributed by atoms with Crippen LogP contribution in [0, 0.1) is 11.3 Å². The first-order valence-corrected chi connectivity index (χ1v) is 9.20. The molecule has 2 N–H and O–H groups in total. The molecule has 0 spiro atoms. The molecule has 0 radical (unpaired) electrons. The van der Waals surface area contributed by atoms with E-state index in [0.29, 0.717) is 29.4 Å². The quantitative estimate of drug-likeness (QED) is 0.648. The maximum atomic E-state index is 12.6. The van der Waals surface area contributed by atoms with Gasteiger partial charge in [0.2, 0.25) is 0 Å². The first-order chi connectivity index (χ1) is 14.1. The van der Waals surface area contributed by atoms with Gasteiger partial charge in [-0.3, -0.25) is 4.79 Å². The average Bonchev–Trinajstić information content (AvgIpc) is 2.74. The van der Waals surface area contributed by atoms with Crippen LogP contribution < -0.4 is 10.6 Å². The van der Waals surface area contributed by atoms with Gasteiger partial charge in [-0.25, -0.2) is 9.97 Å². The predicted octanol–water partition coefficient (Wildman–Crippen LogP) is 3.05. The number of aromatic nitrogens is 2. The summed E-state index contributed by atoms with van der Waals surface area (Å²) in [6.07, 6.45) is 0. The number of likely N-dealkylation sites (N-methyl/N-ethyl adjacent to an activating group) is 1. The molecular weight excluding hydrogens is 364 g/mol. The minimum atomic E-state index is -0.275. The number of hydrogen-bond acceptors (Lipinski definition) is 6. The van der Waals surface area contributed by atoms with Crippen LogP contribution in [0.5, 0.6) is 0 Å². The fourth-order valence-corrected chi connectivity index (χ4v) is 2.66. The van der Waals surface area contributed by atoms with E-state index in [2.05, 4.69) is 26.7 Å². The monoisotopic (exact) mass is 386 g/mol. The number of rotatable bonds is 7. The van der Waals surface area contributed by atoms with Crippen LogP contribution in [0.1, 0.15) is 16.1 Å². The van der Waals surface area contributed by atoms with Gasteiger partial charge in [0, 0.05) is 24.7 Å². The third-order valence-corrected chi connectivity index (χ3v) is 4.15. The van der Waals surface area contributed by atoms with Crippen molar-refractivity contribution in [3.05, 3.63) is 71.9 Å². The zero-order chi connectivity index (χ0) is 20.6. The average molecular weight is 386 g/mol. The SMILES string of the molecule is CN(C)CCNC(=O)c1cc(Nc2ccccc2C#N)nc(-c2ccccc2)n1. The molecule has 0 fully saturated rings. The van der Waals surface area contributed by atoms with Crippen LogP contribution in [0.25, 0.3) is 11.4 Å². The molecule has 3 rings (SSSR count). The second-order valence-electron chi connectivity index (χ2n) is 6.67. The highest BCUT2D eigenvalue weighted by molar-refractivity contribution is 5.93. The molecule has 2 aromatic carbocycles. The summed E-state index contributed by atoms with van der Waals surface area (Å²) in [7, 11) is 3.89. The molecule has 0 aliphatic heterocycles. The van der Waals surface area contributed by atoms with Gasteiger partial charge in [-0.15, -0.1) is 0 Å². The number of para-hydroxylation sites is 1. The van der Waals surface area contributed by atoms with Gasteiger partial charge < -0.3 is 15.5 Å². The van der Waals surface area contributed by atoms with Crippen LogP contribution in [-0.4, -0.2) is 48.0 Å². The summed E-state index contributed by atoms with van der Waals surface area (Å²) < 4.78 is 0. The van der Waals surface area contributed by atoms with Gasteiger partial charge in [-0.2, -0.15) is 5.26 Å². The van der Waals surface area contributed by atoms with E-state index in [1.54, 1.807) is 24.3 Å². The predicted molar refractivity (Wildman–Crippen MR) is 113 cm³/mol. The molecule has 7 heteroatoms. The van der Waals surface area contributed by atoms with Crippen molar-refractivity contribution in [3.63, 3.8) is 0 Å². The molecule has 0 saturated heterocycles. The minimum Gasteiger partial charge on any atom is -0.349 e. The van der Waals surface area contributed by atoms with Crippen LogP contribution >= 0.6 is 0 Å². The fourth-order valence-electron chi connectivity index (χ4n) is 2.66. The van der Waals surface area contributed by atoms with E-state index in [9.17, 15) is 10.1 Å². The maximum Gasteiger partial charge on any atom is 0.270 e. The Morgan fingerprint density at radius 2 is 1.79 bits per heavy atom. The number of benzene rings is 2. The number of hydrogen-bond donors (Lipinski definition) is 2. The highest BCUT2D eigenvalue weighted by Gasteiger charge is 2.14. The summed E-state index contributed by atoms with van der Waals surface area (Å²) in [5, 5.41) is 15.3. The van der Waals surface area contributed by atoms with Crippen LogP contribution in [0.3, 0.4) is 0 Å². The summed E-state index contributed by atoms with van der Waals surface area (Å²) >= 11 is 0. The van der Waals surface area contributed by atoms with E-state index >= 15 is 0 Å². The van der Waals surface area contributed by atoms with Gasteiger partial charge in [0.15, 0.2) is 5.82 Å². The molecule has 1 heterocycles. The third-order valence-electron chi connectivity index (χ3n) is 4.15. The van der Waals surface area contributed by atoms with E-state index in [4.69, 9.17) is 0 Å². The van der Waals surface area contributed by atoms with E-state index in [1.807, 2.05) is 55.4 Å². The Morgan fingerprint density at radius 3 is 2.52 bits per heavy atom. The molecule has 0 atom stereocenters. The standard InChI is InChI=1S/C22H22N6O/c1-28(2)13-12-24-22(29)19-14-20(25-18-11-7-6-10-17(18)15-23)27-21(26-19)16-8-4-3-5-9-16/h3-11,14H,12-13H2,1-2H3,(H,24,29)(H,25,26,27). The summed E-state index contributed by atoms with van der Waals surface area (Å²) in [5.41, 5.74) is 2.16. The van der Waals surface area contributed by atoms with Gasteiger partial charge in [0.05, 0.1) is 11.3 Å². The van der Waals surface area contributed by atoms with Crippen molar-refractivity contribution in [2.24, 2.45) is 0 Å². The summed E-state index contributed by atoms with van der Waals surface area (Å²) in [6.45, 7) is 1.24. The van der Waals surface area contributed by atoms with Crippen LogP contribution in [-0.2, 0) is 0 Å². The number of amides is 1. The number of nitrogens with zero attached hydrogens (tertiary/aromatic N) is 4. The van der Waals surface area contributed by atoms with Crippen molar-refractivity contribution in [1.29, 1.82) is 5.26 Å². The second kappa shape index (κ2) is 9.44. The molecule has 29 heavy (non-hydrogen) atoms. The molecule has 7 nitrogen and oxygen atoms in total. The first kappa shape index (κ1) is 20.0. The zero-order valence-electron chi connectivity index (χ0n) is 16.4. The molecule has 146 valence electrons. The zero-order valence-corrected chi connectivity index (χ0v) is 16.4. The molecule has 0 aliphatic carbocycles. The van der Waals surface area contributed by atoms with E-state index in [1.165, 1.54) is 0 Å². The molecule has 3 aromatic rings. The highest BCUT2D eigenvalue weighted by atomic mass is 16.1. The molecule has 1 amide bonds. The summed E-state index contributed by atoms with van der Waals surface area (Å²) in [5.74, 6) is 0.602. The Labute approximate surface area is 170 Å². The Morgan fingerprint density at radius 1 is 1.07 bits per heavy atom. The molecule has 0 saturated carbocycles. The van der Waals surface area contributed by atoms with E-state index < -0.39 is 0 Å². The lowest BCUT2D eigenvalue weighted by molar-refractivity contribution is 0.0946. The molecule has 1 aromatic heterocycles. The van der Waals surface area contributed by atoms with Gasteiger partial charge in [0.25, 0.3) is 5.91 Å². The summed E-state index contributed by atoms with van der Waals surface area (Å²) in [6, 6.07) is 20.3. The van der Waals surface area contributed by atoms with Crippen molar-refractivity contribution < 1.29 is 4.79 Å². The smallest absolute Gasteiger partial charge is 0.270 e. The van der Waals surface area contributed by atoms with Crippen molar-refractivity contribution in [2.45, 2.75) is 0 Å². The van der Waals surface area contributed by atoms with Crippen molar-refractivity contribution in [3.8, 4) is 17.5 Å². The van der Waals surface area contributed by atoms with Gasteiger partial charge in [-0.1, -0.05) is 42.5 Å². The van der Waals surface area contributed by atoms with Crippen molar-refractivity contribution >= 4 is 17.4 Å². The van der Waals surface area contributed by atoms with Crippen LogP contribution in [0.15, 0.2) is 60.7 Å². The number of anilines is 2. The largest absolute Gasteiger partial charge is 0.349 e. The Bertz CT molecular complexity index is 1030. The first-order valence-electron chi connectivity index (χ1n) is 9.20. The maximum absolute atomic E-state index is 12.6. The second-order valence-corrected chi connectivity index (χ2v) is 6.67. The van der Waals surface area contributed by atoms with Crippen molar-refractivity contribution in [2.75, 3.05) is 32.5 Å². The number of nitrogens with one attached hydrogen (secondary N) is 2. The normalized spacial score (nSPS) is 10.4. The van der Waals surface area contributed by atoms with E-state index in [-0.39, 0.29) is 11.6 Å². The topological polar surface area (TPSA) is 93.9 Å². The number of carbonyl (C=O) groups is 1. The van der Waals surface area contributed by atoms with Gasteiger partial charge in [0.1, 0.15) is 17.6 Å². The lowest BCUT2D eigenvalue weighted by Gasteiger charge is -2.13. The molecule has 0 bridgehead atoms.